The fraction of sp³-hybridized carbons (Fsp3) is 1.00. The first kappa shape index (κ1) is 8.92. The fourth-order valence-electron chi connectivity index (χ4n) is 1.15. The van der Waals surface area contributed by atoms with E-state index in [0.29, 0.717) is 6.54 Å². The minimum absolute atomic E-state index is 0.258. The zero-order valence-electron chi connectivity index (χ0n) is 6.21. The minimum Gasteiger partial charge on any atom is -0.313 e. The summed E-state index contributed by atoms with van der Waals surface area (Å²) >= 11 is 0. The molecule has 0 radical (unpaired) electrons. The van der Waals surface area contributed by atoms with Crippen molar-refractivity contribution in [1.29, 1.82) is 0 Å². The Morgan fingerprint density at radius 2 is 2.36 bits per heavy atom. The predicted molar refractivity (Wildman–Crippen MR) is 42.1 cm³/mol. The van der Waals surface area contributed by atoms with Gasteiger partial charge in [-0.05, 0) is 19.4 Å². The Kier molecular flexibility index (Phi) is 2.83. The third kappa shape index (κ3) is 3.66. The maximum absolute atomic E-state index is 10.4. The molecule has 1 fully saturated rings. The molecule has 0 spiro atoms. The molecule has 0 amide bonds. The summed E-state index contributed by atoms with van der Waals surface area (Å²) in [4.78, 5) is 0. The van der Waals surface area contributed by atoms with Crippen LogP contribution in [0.15, 0.2) is 0 Å². The standard InChI is InChI=1S/C5H13N3O2S/c6-11(9,10)8-4-5-2-1-3-7-5/h5,7-8H,1-4H2,(H2,6,9,10). The van der Waals surface area contributed by atoms with Gasteiger partial charge in [-0.3, -0.25) is 0 Å². The lowest BCUT2D eigenvalue weighted by atomic mass is 10.2. The van der Waals surface area contributed by atoms with Crippen molar-refractivity contribution in [3.8, 4) is 0 Å². The van der Waals surface area contributed by atoms with Crippen LogP contribution in [-0.4, -0.2) is 27.5 Å². The van der Waals surface area contributed by atoms with E-state index in [0.717, 1.165) is 19.4 Å². The number of hydrogen-bond donors (Lipinski definition) is 3. The molecule has 1 heterocycles. The first-order chi connectivity index (χ1) is 5.08. The molecule has 1 unspecified atom stereocenters. The molecule has 0 aliphatic carbocycles. The summed E-state index contributed by atoms with van der Waals surface area (Å²) in [5, 5.41) is 7.89. The van der Waals surface area contributed by atoms with Gasteiger partial charge in [-0.1, -0.05) is 0 Å². The molecule has 1 rings (SSSR count). The lowest BCUT2D eigenvalue weighted by Gasteiger charge is -2.08. The smallest absolute Gasteiger partial charge is 0.274 e. The Morgan fingerprint density at radius 1 is 1.64 bits per heavy atom. The van der Waals surface area contributed by atoms with Crippen LogP contribution in [-0.2, 0) is 10.2 Å². The summed E-state index contributed by atoms with van der Waals surface area (Å²) in [6, 6.07) is 0.258. The van der Waals surface area contributed by atoms with Crippen LogP contribution in [0.1, 0.15) is 12.8 Å². The van der Waals surface area contributed by atoms with Crippen molar-refractivity contribution in [3.05, 3.63) is 0 Å². The van der Waals surface area contributed by atoms with E-state index in [9.17, 15) is 8.42 Å². The van der Waals surface area contributed by atoms with Crippen molar-refractivity contribution in [3.63, 3.8) is 0 Å². The van der Waals surface area contributed by atoms with E-state index >= 15 is 0 Å². The van der Waals surface area contributed by atoms with Gasteiger partial charge in [0.1, 0.15) is 0 Å². The van der Waals surface area contributed by atoms with Gasteiger partial charge in [0.2, 0.25) is 0 Å². The second-order valence-electron chi connectivity index (χ2n) is 2.69. The normalized spacial score (nSPS) is 25.7. The highest BCUT2D eigenvalue weighted by molar-refractivity contribution is 7.87. The van der Waals surface area contributed by atoms with Crippen LogP contribution in [0, 0.1) is 0 Å². The molecule has 5 nitrogen and oxygen atoms in total. The van der Waals surface area contributed by atoms with E-state index in [4.69, 9.17) is 5.14 Å². The summed E-state index contributed by atoms with van der Waals surface area (Å²) < 4.78 is 23.1. The van der Waals surface area contributed by atoms with Crippen LogP contribution in [0.2, 0.25) is 0 Å². The van der Waals surface area contributed by atoms with E-state index in [1.165, 1.54) is 0 Å². The number of rotatable bonds is 3. The lowest BCUT2D eigenvalue weighted by molar-refractivity contribution is 0.553. The van der Waals surface area contributed by atoms with Crippen molar-refractivity contribution >= 4 is 10.2 Å². The second kappa shape index (κ2) is 3.48. The summed E-state index contributed by atoms with van der Waals surface area (Å²) in [5.41, 5.74) is 0. The SMILES string of the molecule is NS(=O)(=O)NCC1CCCN1. The molecule has 1 atom stereocenters. The zero-order chi connectivity index (χ0) is 8.32. The largest absolute Gasteiger partial charge is 0.313 e. The number of nitrogens with two attached hydrogens (primary N) is 1. The highest BCUT2D eigenvalue weighted by Gasteiger charge is 2.14. The average molecular weight is 179 g/mol. The molecule has 1 saturated heterocycles. The van der Waals surface area contributed by atoms with E-state index in [2.05, 4.69) is 10.0 Å². The second-order valence-corrected chi connectivity index (χ2v) is 4.07. The molecule has 0 aromatic rings. The Balaban J connectivity index is 2.22. The zero-order valence-corrected chi connectivity index (χ0v) is 7.02. The quantitative estimate of drug-likeness (QED) is 0.494. The van der Waals surface area contributed by atoms with Crippen LogP contribution in [0.3, 0.4) is 0 Å². The van der Waals surface area contributed by atoms with Gasteiger partial charge in [0.15, 0.2) is 0 Å². The van der Waals surface area contributed by atoms with Crippen molar-refractivity contribution in [2.24, 2.45) is 5.14 Å². The van der Waals surface area contributed by atoms with Crippen LogP contribution in [0.4, 0.5) is 0 Å². The third-order valence-electron chi connectivity index (χ3n) is 1.69. The van der Waals surface area contributed by atoms with Gasteiger partial charge in [-0.15, -0.1) is 0 Å². The number of hydrogen-bond acceptors (Lipinski definition) is 3. The average Bonchev–Trinajstić information content (AvgIpc) is 2.32. The van der Waals surface area contributed by atoms with Gasteiger partial charge < -0.3 is 5.32 Å². The van der Waals surface area contributed by atoms with E-state index in [-0.39, 0.29) is 6.04 Å². The summed E-state index contributed by atoms with van der Waals surface area (Å²) in [5.74, 6) is 0. The van der Waals surface area contributed by atoms with Crippen LogP contribution >= 0.6 is 0 Å². The predicted octanol–water partition coefficient (Wildman–Crippen LogP) is -1.47. The van der Waals surface area contributed by atoms with Crippen molar-refractivity contribution in [2.45, 2.75) is 18.9 Å². The topological polar surface area (TPSA) is 84.2 Å². The molecule has 4 N–H and O–H groups in total. The first-order valence-electron chi connectivity index (χ1n) is 3.59. The molecular weight excluding hydrogens is 166 g/mol. The van der Waals surface area contributed by atoms with Crippen LogP contribution < -0.4 is 15.2 Å². The van der Waals surface area contributed by atoms with Crippen LogP contribution in [0.25, 0.3) is 0 Å². The summed E-state index contributed by atoms with van der Waals surface area (Å²) in [6.07, 6.45) is 2.12. The van der Waals surface area contributed by atoms with Crippen molar-refractivity contribution in [2.75, 3.05) is 13.1 Å². The molecule has 0 aromatic heterocycles. The molecule has 0 bridgehead atoms. The summed E-state index contributed by atoms with van der Waals surface area (Å²) in [7, 11) is -3.50. The Labute approximate surface area is 66.5 Å². The molecule has 6 heteroatoms. The molecule has 0 saturated carbocycles. The Hall–Kier alpha value is -0.170. The van der Waals surface area contributed by atoms with Gasteiger partial charge in [0.25, 0.3) is 10.2 Å². The maximum atomic E-state index is 10.4. The van der Waals surface area contributed by atoms with Gasteiger partial charge in [-0.2, -0.15) is 8.42 Å². The first-order valence-corrected chi connectivity index (χ1v) is 5.13. The highest BCUT2D eigenvalue weighted by atomic mass is 32.2. The molecule has 0 aromatic carbocycles. The monoisotopic (exact) mass is 179 g/mol. The molecule has 66 valence electrons. The molecule has 1 aliphatic heterocycles. The molecule has 11 heavy (non-hydrogen) atoms. The fourth-order valence-corrected chi connectivity index (χ4v) is 1.58. The van der Waals surface area contributed by atoms with E-state index in [1.54, 1.807) is 0 Å². The van der Waals surface area contributed by atoms with Crippen LogP contribution in [0.5, 0.6) is 0 Å². The van der Waals surface area contributed by atoms with Crippen molar-refractivity contribution in [1.82, 2.24) is 10.0 Å². The van der Waals surface area contributed by atoms with E-state index < -0.39 is 10.2 Å². The van der Waals surface area contributed by atoms with Gasteiger partial charge in [-0.25, -0.2) is 9.86 Å². The minimum atomic E-state index is -3.50. The lowest BCUT2D eigenvalue weighted by Crippen LogP contribution is -2.40. The van der Waals surface area contributed by atoms with Gasteiger partial charge >= 0.3 is 0 Å². The molecular formula is C5H13N3O2S. The molecule has 1 aliphatic rings. The van der Waals surface area contributed by atoms with Gasteiger partial charge in [0, 0.05) is 12.6 Å². The highest BCUT2D eigenvalue weighted by Crippen LogP contribution is 2.02. The van der Waals surface area contributed by atoms with Gasteiger partial charge in [0.05, 0.1) is 0 Å². The Bertz CT molecular complexity index is 208. The van der Waals surface area contributed by atoms with E-state index in [1.807, 2.05) is 0 Å². The van der Waals surface area contributed by atoms with Crippen molar-refractivity contribution < 1.29 is 8.42 Å². The summed E-state index contributed by atoms with van der Waals surface area (Å²) in [6.45, 7) is 1.37. The number of nitrogens with one attached hydrogen (secondary N) is 2. The Morgan fingerprint density at radius 3 is 2.82 bits per heavy atom. The maximum Gasteiger partial charge on any atom is 0.274 e. The third-order valence-corrected chi connectivity index (χ3v) is 2.26.